The minimum atomic E-state index is -4.44. The third-order valence-electron chi connectivity index (χ3n) is 5.50. The fourth-order valence-electron chi connectivity index (χ4n) is 3.78. The van der Waals surface area contributed by atoms with Crippen LogP contribution in [0.3, 0.4) is 0 Å². The Labute approximate surface area is 191 Å². The van der Waals surface area contributed by atoms with Crippen LogP contribution in [0.4, 0.5) is 30.5 Å². The van der Waals surface area contributed by atoms with Crippen LogP contribution in [0.1, 0.15) is 18.7 Å². The van der Waals surface area contributed by atoms with Gasteiger partial charge >= 0.3 is 6.18 Å². The van der Waals surface area contributed by atoms with E-state index in [4.69, 9.17) is 10.5 Å². The van der Waals surface area contributed by atoms with Crippen LogP contribution in [0.2, 0.25) is 0 Å². The first-order valence-corrected chi connectivity index (χ1v) is 10.2. The number of hydrogen-bond acceptors (Lipinski definition) is 8. The monoisotopic (exact) mass is 481 g/mol. The molecule has 11 nitrogen and oxygen atoms in total. The summed E-state index contributed by atoms with van der Waals surface area (Å²) in [5.74, 6) is -1.71. The molecule has 182 valence electrons. The third-order valence-corrected chi connectivity index (χ3v) is 5.50. The van der Waals surface area contributed by atoms with E-state index >= 15 is 0 Å². The molecule has 0 aromatic carbocycles. The number of aryl methyl sites for hydroxylation is 1. The van der Waals surface area contributed by atoms with Crippen LogP contribution in [-0.4, -0.2) is 57.1 Å². The van der Waals surface area contributed by atoms with E-state index in [0.717, 1.165) is 6.26 Å². The summed E-state index contributed by atoms with van der Waals surface area (Å²) in [7, 11) is 1.61. The molecule has 34 heavy (non-hydrogen) atoms. The number of aliphatic hydroxyl groups is 1. The number of anilines is 3. The van der Waals surface area contributed by atoms with Gasteiger partial charge in [-0.1, -0.05) is 6.92 Å². The molecule has 1 saturated heterocycles. The van der Waals surface area contributed by atoms with E-state index in [1.165, 1.54) is 32.8 Å². The number of rotatable bonds is 6. The Hall–Kier alpha value is -3.81. The van der Waals surface area contributed by atoms with Gasteiger partial charge in [-0.05, 0) is 12.1 Å². The number of nitrogens with one attached hydrogen (secondary N) is 1. The highest BCUT2D eigenvalue weighted by atomic mass is 19.4. The number of aromatic nitrogens is 3. The average molecular weight is 481 g/mol. The van der Waals surface area contributed by atoms with Gasteiger partial charge in [0.15, 0.2) is 5.82 Å². The fraction of sp³-hybridized carbons (Fsp3) is 0.400. The van der Waals surface area contributed by atoms with Crippen molar-refractivity contribution in [1.82, 2.24) is 14.8 Å². The summed E-state index contributed by atoms with van der Waals surface area (Å²) in [6.45, 7) is 0.312. The molecule has 2 aromatic heterocycles. The number of primary amides is 1. The molecule has 3 atom stereocenters. The van der Waals surface area contributed by atoms with Crippen LogP contribution in [0.5, 0.6) is 0 Å². The van der Waals surface area contributed by atoms with Crippen LogP contribution < -0.4 is 20.9 Å². The lowest BCUT2D eigenvalue weighted by atomic mass is 10.1. The maximum absolute atomic E-state index is 12.7. The number of pyridine rings is 1. The quantitative estimate of drug-likeness (QED) is 0.555. The second-order valence-electron chi connectivity index (χ2n) is 7.99. The standard InChI is InChI=1S/C20H22F3N7O4/c1-10-14(31)7-29(18(10)33)17-12(6-28(2)27-17)30-13(16(24)32)8-34-19(30)11-3-4-25-15(5-11)26-9-20(21,22)23/h3-6,8,10,14,19,31H,7,9H2,1-2H3,(H2,24,32)(H,25,26)/t10-,14+,19?/m0/s1. The molecular weight excluding hydrogens is 459 g/mol. The highest BCUT2D eigenvalue weighted by Gasteiger charge is 2.42. The molecular formula is C20H22F3N7O4. The molecule has 2 aliphatic rings. The predicted molar refractivity (Wildman–Crippen MR) is 113 cm³/mol. The lowest BCUT2D eigenvalue weighted by Crippen LogP contribution is -2.34. The van der Waals surface area contributed by atoms with Gasteiger partial charge in [-0.15, -0.1) is 0 Å². The summed E-state index contributed by atoms with van der Waals surface area (Å²) in [6.07, 6.45) is -2.38. The minimum Gasteiger partial charge on any atom is -0.471 e. The first-order chi connectivity index (χ1) is 16.0. The molecule has 0 spiro atoms. The minimum absolute atomic E-state index is 0.000234. The van der Waals surface area contributed by atoms with Gasteiger partial charge in [-0.2, -0.15) is 18.3 Å². The number of carbonyl (C=O) groups is 2. The van der Waals surface area contributed by atoms with Crippen molar-refractivity contribution < 1.29 is 32.6 Å². The van der Waals surface area contributed by atoms with Crippen molar-refractivity contribution in [3.8, 4) is 0 Å². The Bertz CT molecular complexity index is 1150. The number of ether oxygens (including phenoxy) is 1. The Morgan fingerprint density at radius 1 is 1.41 bits per heavy atom. The summed E-state index contributed by atoms with van der Waals surface area (Å²) >= 11 is 0. The summed E-state index contributed by atoms with van der Waals surface area (Å²) in [4.78, 5) is 31.5. The Balaban J connectivity index is 1.72. The predicted octanol–water partition coefficient (Wildman–Crippen LogP) is 0.995. The molecule has 2 aromatic rings. The lowest BCUT2D eigenvalue weighted by molar-refractivity contribution is -0.121. The average Bonchev–Trinajstić information content (AvgIpc) is 3.44. The van der Waals surface area contributed by atoms with Gasteiger partial charge in [0.2, 0.25) is 12.1 Å². The smallest absolute Gasteiger partial charge is 0.405 e. The van der Waals surface area contributed by atoms with E-state index in [1.807, 2.05) is 0 Å². The van der Waals surface area contributed by atoms with E-state index in [0.29, 0.717) is 5.56 Å². The van der Waals surface area contributed by atoms with Gasteiger partial charge in [0, 0.05) is 18.8 Å². The highest BCUT2D eigenvalue weighted by molar-refractivity contribution is 6.02. The first kappa shape index (κ1) is 23.4. The molecule has 2 aliphatic heterocycles. The number of nitrogens with two attached hydrogens (primary N) is 1. The summed E-state index contributed by atoms with van der Waals surface area (Å²) in [5, 5.41) is 16.7. The van der Waals surface area contributed by atoms with Crippen molar-refractivity contribution in [1.29, 1.82) is 0 Å². The summed E-state index contributed by atoms with van der Waals surface area (Å²) < 4.78 is 44.9. The largest absolute Gasteiger partial charge is 0.471 e. The van der Waals surface area contributed by atoms with Gasteiger partial charge in [-0.25, -0.2) is 4.98 Å². The molecule has 4 rings (SSSR count). The number of halogens is 3. The second kappa shape index (κ2) is 8.52. The van der Waals surface area contributed by atoms with Gasteiger partial charge < -0.3 is 20.9 Å². The molecule has 4 heterocycles. The number of nitrogens with zero attached hydrogens (tertiary/aromatic N) is 5. The molecule has 4 N–H and O–H groups in total. The second-order valence-corrected chi connectivity index (χ2v) is 7.99. The molecule has 1 unspecified atom stereocenters. The first-order valence-electron chi connectivity index (χ1n) is 10.2. The summed E-state index contributed by atoms with van der Waals surface area (Å²) in [5.41, 5.74) is 6.14. The van der Waals surface area contributed by atoms with E-state index in [2.05, 4.69) is 15.4 Å². The van der Waals surface area contributed by atoms with Crippen molar-refractivity contribution in [2.24, 2.45) is 18.7 Å². The number of amides is 2. The van der Waals surface area contributed by atoms with Crippen molar-refractivity contribution in [2.75, 3.05) is 28.2 Å². The van der Waals surface area contributed by atoms with Gasteiger partial charge in [0.1, 0.15) is 30.0 Å². The number of carbonyl (C=O) groups excluding carboxylic acids is 2. The number of hydrogen-bond donors (Lipinski definition) is 3. The molecule has 0 radical (unpaired) electrons. The normalized spacial score (nSPS) is 22.7. The van der Waals surface area contributed by atoms with Crippen molar-refractivity contribution in [2.45, 2.75) is 25.4 Å². The SMILES string of the molecule is C[C@@H]1C(=O)N(c2nn(C)cc2N2C(C(N)=O)=COC2c2ccnc(NCC(F)(F)F)c2)C[C@H]1O. The lowest BCUT2D eigenvalue weighted by Gasteiger charge is -2.28. The Morgan fingerprint density at radius 3 is 2.76 bits per heavy atom. The zero-order valence-electron chi connectivity index (χ0n) is 18.2. The van der Waals surface area contributed by atoms with Gasteiger partial charge in [0.25, 0.3) is 5.91 Å². The maximum Gasteiger partial charge on any atom is 0.405 e. The summed E-state index contributed by atoms with van der Waals surface area (Å²) in [6, 6.07) is 2.86. The van der Waals surface area contributed by atoms with Crippen LogP contribution in [0.15, 0.2) is 36.5 Å². The molecule has 2 amide bonds. The number of β-amino-alcohol motifs (C(OH)–C–C–N with tert-alkyl or cyclic N) is 1. The van der Waals surface area contributed by atoms with E-state index in [1.54, 1.807) is 20.2 Å². The van der Waals surface area contributed by atoms with Crippen LogP contribution >= 0.6 is 0 Å². The van der Waals surface area contributed by atoms with E-state index < -0.39 is 36.9 Å². The van der Waals surface area contributed by atoms with E-state index in [9.17, 15) is 27.9 Å². The molecule has 0 saturated carbocycles. The zero-order valence-corrected chi connectivity index (χ0v) is 18.2. The molecule has 1 fully saturated rings. The van der Waals surface area contributed by atoms with Gasteiger partial charge in [0.05, 0.1) is 24.8 Å². The fourth-order valence-corrected chi connectivity index (χ4v) is 3.78. The van der Waals surface area contributed by atoms with Gasteiger partial charge in [-0.3, -0.25) is 24.1 Å². The van der Waals surface area contributed by atoms with Crippen LogP contribution in [0.25, 0.3) is 0 Å². The third kappa shape index (κ3) is 4.35. The Kier molecular flexibility index (Phi) is 5.85. The van der Waals surface area contributed by atoms with E-state index in [-0.39, 0.29) is 35.5 Å². The molecule has 0 aliphatic carbocycles. The van der Waals surface area contributed by atoms with Crippen LogP contribution in [0, 0.1) is 5.92 Å². The highest BCUT2D eigenvalue weighted by Crippen LogP contribution is 2.42. The molecule has 14 heteroatoms. The zero-order chi connectivity index (χ0) is 24.8. The topological polar surface area (TPSA) is 139 Å². The van der Waals surface area contributed by atoms with Crippen molar-refractivity contribution >= 4 is 29.1 Å². The Morgan fingerprint density at radius 2 is 2.15 bits per heavy atom. The maximum atomic E-state index is 12.7. The number of alkyl halides is 3. The van der Waals surface area contributed by atoms with Crippen molar-refractivity contribution in [3.63, 3.8) is 0 Å². The number of aliphatic hydroxyl groups excluding tert-OH is 1. The van der Waals surface area contributed by atoms with Crippen LogP contribution in [-0.2, 0) is 21.4 Å². The van der Waals surface area contributed by atoms with Crippen molar-refractivity contribution in [3.05, 3.63) is 42.0 Å². The molecule has 0 bridgehead atoms.